The number of hydrogen-bond acceptors (Lipinski definition) is 4. The van der Waals surface area contributed by atoms with Crippen molar-refractivity contribution in [2.75, 3.05) is 32.7 Å². The summed E-state index contributed by atoms with van der Waals surface area (Å²) in [4.78, 5) is 31.5. The van der Waals surface area contributed by atoms with E-state index in [0.29, 0.717) is 24.8 Å². The Hall–Kier alpha value is -2.15. The topological polar surface area (TPSA) is 53.1 Å². The molecule has 1 saturated carbocycles. The van der Waals surface area contributed by atoms with Gasteiger partial charge in [-0.2, -0.15) is 0 Å². The molecule has 2 atom stereocenters. The minimum atomic E-state index is -0.479. The first kappa shape index (κ1) is 20.1. The second-order valence-corrected chi connectivity index (χ2v) is 8.42. The molecule has 0 aromatic heterocycles. The van der Waals surface area contributed by atoms with E-state index >= 15 is 0 Å². The van der Waals surface area contributed by atoms with E-state index in [0.717, 1.165) is 32.6 Å². The normalized spacial score (nSPS) is 26.1. The van der Waals surface area contributed by atoms with Gasteiger partial charge in [0.25, 0.3) is 0 Å². The second-order valence-electron chi connectivity index (χ2n) is 8.42. The van der Waals surface area contributed by atoms with Crippen molar-refractivity contribution in [1.29, 1.82) is 0 Å². The summed E-state index contributed by atoms with van der Waals surface area (Å²) >= 11 is 0. The zero-order valence-electron chi connectivity index (χ0n) is 17.1. The number of rotatable bonds is 4. The fourth-order valence-electron chi connectivity index (χ4n) is 4.66. The molecule has 0 bridgehead atoms. The molecule has 0 radical (unpaired) electrons. The van der Waals surface area contributed by atoms with Crippen LogP contribution < -0.4 is 4.74 Å². The Morgan fingerprint density at radius 3 is 2.45 bits per heavy atom. The Labute approximate surface area is 171 Å². The Kier molecular flexibility index (Phi) is 6.04. The summed E-state index contributed by atoms with van der Waals surface area (Å²) in [5, 5.41) is 0. The molecule has 2 unspecified atom stereocenters. The highest BCUT2D eigenvalue weighted by molar-refractivity contribution is 5.87. The van der Waals surface area contributed by atoms with Crippen LogP contribution in [0, 0.1) is 5.82 Å². The van der Waals surface area contributed by atoms with E-state index in [9.17, 15) is 14.0 Å². The molecule has 7 heteroatoms. The number of amides is 2. The molecule has 0 spiro atoms. The van der Waals surface area contributed by atoms with Crippen LogP contribution in [0.3, 0.4) is 0 Å². The van der Waals surface area contributed by atoms with Crippen LogP contribution in [0.1, 0.15) is 39.0 Å². The number of carbonyl (C=O) groups is 2. The van der Waals surface area contributed by atoms with Gasteiger partial charge in [-0.3, -0.25) is 14.5 Å². The molecule has 3 fully saturated rings. The fourth-order valence-corrected chi connectivity index (χ4v) is 4.66. The Morgan fingerprint density at radius 2 is 1.79 bits per heavy atom. The SMILES string of the molecule is CC(=O)N1CC(Oc2ccc(F)cc2)CC1C(=O)N1CCCN(C2CCC2)CC1. The van der Waals surface area contributed by atoms with Crippen molar-refractivity contribution >= 4 is 11.8 Å². The first-order chi connectivity index (χ1) is 14.0. The lowest BCUT2D eigenvalue weighted by molar-refractivity contribution is -0.142. The van der Waals surface area contributed by atoms with Gasteiger partial charge in [-0.15, -0.1) is 0 Å². The van der Waals surface area contributed by atoms with Crippen LogP contribution >= 0.6 is 0 Å². The number of carbonyl (C=O) groups excluding carboxylic acids is 2. The Bertz CT molecular complexity index is 737. The number of benzene rings is 1. The zero-order valence-corrected chi connectivity index (χ0v) is 17.1. The average molecular weight is 403 g/mol. The van der Waals surface area contributed by atoms with Crippen LogP contribution in [0.25, 0.3) is 0 Å². The van der Waals surface area contributed by atoms with Gasteiger partial charge in [0, 0.05) is 45.6 Å². The Balaban J connectivity index is 1.39. The van der Waals surface area contributed by atoms with Crippen LogP contribution in [0.15, 0.2) is 24.3 Å². The van der Waals surface area contributed by atoms with E-state index < -0.39 is 6.04 Å². The van der Waals surface area contributed by atoms with Crippen molar-refractivity contribution in [3.8, 4) is 5.75 Å². The van der Waals surface area contributed by atoms with E-state index in [4.69, 9.17) is 4.74 Å². The van der Waals surface area contributed by atoms with Crippen molar-refractivity contribution in [1.82, 2.24) is 14.7 Å². The van der Waals surface area contributed by atoms with Crippen LogP contribution in [-0.2, 0) is 9.59 Å². The van der Waals surface area contributed by atoms with E-state index in [2.05, 4.69) is 4.90 Å². The summed E-state index contributed by atoms with van der Waals surface area (Å²) in [6.45, 7) is 5.31. The molecule has 2 amide bonds. The molecule has 1 aromatic carbocycles. The summed E-state index contributed by atoms with van der Waals surface area (Å²) in [6, 6.07) is 6.06. The predicted octanol–water partition coefficient (Wildman–Crippen LogP) is 2.28. The minimum Gasteiger partial charge on any atom is -0.488 e. The van der Waals surface area contributed by atoms with Crippen molar-refractivity contribution in [3.05, 3.63) is 30.1 Å². The highest BCUT2D eigenvalue weighted by atomic mass is 19.1. The lowest BCUT2D eigenvalue weighted by Gasteiger charge is -2.36. The molecule has 158 valence electrons. The lowest BCUT2D eigenvalue weighted by Crippen LogP contribution is -2.48. The monoisotopic (exact) mass is 403 g/mol. The van der Waals surface area contributed by atoms with E-state index in [1.54, 1.807) is 17.0 Å². The fraction of sp³-hybridized carbons (Fsp3) is 0.636. The Morgan fingerprint density at radius 1 is 1.03 bits per heavy atom. The number of halogens is 1. The standard InChI is InChI=1S/C22H30FN3O3/c1-16(27)26-15-20(29-19-8-6-17(23)7-9-19)14-21(26)22(28)25-11-3-10-24(12-13-25)18-4-2-5-18/h6-9,18,20-21H,2-5,10-15H2,1H3. The van der Waals surface area contributed by atoms with E-state index in [-0.39, 0.29) is 23.7 Å². The van der Waals surface area contributed by atoms with Crippen LogP contribution in [0.5, 0.6) is 5.75 Å². The molecule has 6 nitrogen and oxygen atoms in total. The maximum Gasteiger partial charge on any atom is 0.245 e. The smallest absolute Gasteiger partial charge is 0.245 e. The molecule has 2 saturated heterocycles. The predicted molar refractivity (Wildman–Crippen MR) is 107 cm³/mol. The molecule has 3 aliphatic rings. The van der Waals surface area contributed by atoms with E-state index in [1.165, 1.54) is 38.3 Å². The van der Waals surface area contributed by atoms with Gasteiger partial charge >= 0.3 is 0 Å². The second kappa shape index (κ2) is 8.69. The summed E-state index contributed by atoms with van der Waals surface area (Å²) in [5.74, 6) is 0.151. The molecule has 1 aliphatic carbocycles. The quantitative estimate of drug-likeness (QED) is 0.774. The third-order valence-corrected chi connectivity index (χ3v) is 6.50. The van der Waals surface area contributed by atoms with Gasteiger partial charge in [-0.05, 0) is 43.5 Å². The largest absolute Gasteiger partial charge is 0.488 e. The molecule has 0 N–H and O–H groups in total. The average Bonchev–Trinajstić information content (AvgIpc) is 2.93. The first-order valence-electron chi connectivity index (χ1n) is 10.7. The minimum absolute atomic E-state index is 0.0286. The zero-order chi connectivity index (χ0) is 20.4. The molecule has 2 aliphatic heterocycles. The highest BCUT2D eigenvalue weighted by Gasteiger charge is 2.41. The van der Waals surface area contributed by atoms with Crippen molar-refractivity contribution in [2.45, 2.75) is 57.2 Å². The first-order valence-corrected chi connectivity index (χ1v) is 10.7. The molecule has 2 heterocycles. The number of hydrogen-bond donors (Lipinski definition) is 0. The summed E-state index contributed by atoms with van der Waals surface area (Å²) in [5.41, 5.74) is 0. The third-order valence-electron chi connectivity index (χ3n) is 6.50. The summed E-state index contributed by atoms with van der Waals surface area (Å²) in [7, 11) is 0. The van der Waals surface area contributed by atoms with Crippen LogP contribution in [0.4, 0.5) is 4.39 Å². The molecule has 1 aromatic rings. The van der Waals surface area contributed by atoms with Gasteiger partial charge in [0.1, 0.15) is 23.7 Å². The molecule has 29 heavy (non-hydrogen) atoms. The lowest BCUT2D eigenvalue weighted by atomic mass is 9.91. The van der Waals surface area contributed by atoms with Gasteiger partial charge < -0.3 is 14.5 Å². The summed E-state index contributed by atoms with van der Waals surface area (Å²) in [6.07, 6.45) is 5.04. The molecular formula is C22H30FN3O3. The van der Waals surface area contributed by atoms with Gasteiger partial charge in [0.2, 0.25) is 11.8 Å². The number of ether oxygens (including phenoxy) is 1. The number of nitrogens with zero attached hydrogens (tertiary/aromatic N) is 3. The van der Waals surface area contributed by atoms with Crippen molar-refractivity contribution < 1.29 is 18.7 Å². The van der Waals surface area contributed by atoms with Gasteiger partial charge in [0.15, 0.2) is 0 Å². The van der Waals surface area contributed by atoms with Crippen molar-refractivity contribution in [3.63, 3.8) is 0 Å². The maximum absolute atomic E-state index is 13.3. The van der Waals surface area contributed by atoms with Crippen molar-refractivity contribution in [2.24, 2.45) is 0 Å². The maximum atomic E-state index is 13.3. The van der Waals surface area contributed by atoms with Gasteiger partial charge in [0.05, 0.1) is 6.54 Å². The van der Waals surface area contributed by atoms with Crippen LogP contribution in [-0.4, -0.2) is 77.4 Å². The highest BCUT2D eigenvalue weighted by Crippen LogP contribution is 2.27. The molecular weight excluding hydrogens is 373 g/mol. The third kappa shape index (κ3) is 4.55. The number of likely N-dealkylation sites (tertiary alicyclic amines) is 1. The molecule has 4 rings (SSSR count). The van der Waals surface area contributed by atoms with Gasteiger partial charge in [-0.25, -0.2) is 4.39 Å². The summed E-state index contributed by atoms with van der Waals surface area (Å²) < 4.78 is 19.1. The van der Waals surface area contributed by atoms with Crippen LogP contribution in [0.2, 0.25) is 0 Å². The van der Waals surface area contributed by atoms with Gasteiger partial charge in [-0.1, -0.05) is 6.42 Å². The van der Waals surface area contributed by atoms with E-state index in [1.807, 2.05) is 4.90 Å².